The monoisotopic (exact) mass is 491 g/mol. The summed E-state index contributed by atoms with van der Waals surface area (Å²) in [6.07, 6.45) is -12.7. The van der Waals surface area contributed by atoms with E-state index in [0.717, 1.165) is 12.1 Å². The molecule has 3 rings (SSSR count). The standard InChI is InChI=1S/C23H17F8NO2/c24-15-5-7-16(8-6-15)34-17-3-1-2-13(10-17)21(32-12-20(33)23(29,30)31)18-11-14(22(26,27)28)4-9-19(18)25/h1-11,20-21,32-33H,12H2. The number of hydrogen-bond acceptors (Lipinski definition) is 3. The summed E-state index contributed by atoms with van der Waals surface area (Å²) < 4.78 is 111. The van der Waals surface area contributed by atoms with Crippen molar-refractivity contribution in [3.8, 4) is 11.5 Å². The van der Waals surface area contributed by atoms with Gasteiger partial charge in [0.1, 0.15) is 23.1 Å². The van der Waals surface area contributed by atoms with Crippen LogP contribution in [0.15, 0.2) is 66.7 Å². The molecule has 0 aliphatic heterocycles. The molecule has 34 heavy (non-hydrogen) atoms. The van der Waals surface area contributed by atoms with E-state index < -0.39 is 53.8 Å². The van der Waals surface area contributed by atoms with Crippen LogP contribution in [0.3, 0.4) is 0 Å². The van der Waals surface area contributed by atoms with Crippen molar-refractivity contribution in [1.82, 2.24) is 5.32 Å². The van der Waals surface area contributed by atoms with E-state index in [1.807, 2.05) is 0 Å². The number of nitrogens with one attached hydrogen (secondary N) is 1. The predicted molar refractivity (Wildman–Crippen MR) is 106 cm³/mol. The molecule has 0 amide bonds. The van der Waals surface area contributed by atoms with Crippen LogP contribution in [-0.2, 0) is 6.18 Å². The van der Waals surface area contributed by atoms with Gasteiger partial charge >= 0.3 is 12.4 Å². The van der Waals surface area contributed by atoms with Gasteiger partial charge in [0.25, 0.3) is 0 Å². The van der Waals surface area contributed by atoms with Crippen LogP contribution in [0.1, 0.15) is 22.7 Å². The van der Waals surface area contributed by atoms with E-state index in [0.29, 0.717) is 18.2 Å². The van der Waals surface area contributed by atoms with Crippen LogP contribution in [0.5, 0.6) is 11.5 Å². The van der Waals surface area contributed by atoms with Crippen LogP contribution in [0, 0.1) is 11.6 Å². The average molecular weight is 491 g/mol. The van der Waals surface area contributed by atoms with Crippen molar-refractivity contribution in [2.24, 2.45) is 0 Å². The maximum atomic E-state index is 14.6. The molecule has 0 fully saturated rings. The zero-order valence-corrected chi connectivity index (χ0v) is 17.1. The van der Waals surface area contributed by atoms with Gasteiger partial charge in [-0.2, -0.15) is 26.3 Å². The summed E-state index contributed by atoms with van der Waals surface area (Å²) in [5.74, 6) is -1.30. The third-order valence-corrected chi connectivity index (χ3v) is 4.77. The lowest BCUT2D eigenvalue weighted by Gasteiger charge is -2.24. The Labute approximate surface area is 188 Å². The van der Waals surface area contributed by atoms with Gasteiger partial charge in [-0.25, -0.2) is 8.78 Å². The van der Waals surface area contributed by atoms with E-state index >= 15 is 0 Å². The molecule has 3 nitrogen and oxygen atoms in total. The second-order valence-corrected chi connectivity index (χ2v) is 7.26. The summed E-state index contributed by atoms with van der Waals surface area (Å²) in [5, 5.41) is 11.6. The highest BCUT2D eigenvalue weighted by Gasteiger charge is 2.39. The van der Waals surface area contributed by atoms with Gasteiger partial charge in [0.2, 0.25) is 0 Å². The maximum Gasteiger partial charge on any atom is 0.416 e. The molecule has 0 aromatic heterocycles. The van der Waals surface area contributed by atoms with Gasteiger partial charge in [-0.15, -0.1) is 0 Å². The minimum Gasteiger partial charge on any atom is -0.457 e. The predicted octanol–water partition coefficient (Wildman–Crippen LogP) is 6.38. The molecule has 2 atom stereocenters. The summed E-state index contributed by atoms with van der Waals surface area (Å²) in [6, 6.07) is 10.4. The van der Waals surface area contributed by atoms with E-state index in [9.17, 15) is 40.2 Å². The Morgan fingerprint density at radius 3 is 2.12 bits per heavy atom. The van der Waals surface area contributed by atoms with Crippen molar-refractivity contribution in [3.63, 3.8) is 0 Å². The molecule has 0 bridgehead atoms. The van der Waals surface area contributed by atoms with Gasteiger partial charge in [-0.1, -0.05) is 12.1 Å². The lowest BCUT2D eigenvalue weighted by Crippen LogP contribution is -2.40. The summed E-state index contributed by atoms with van der Waals surface area (Å²) in [7, 11) is 0. The highest BCUT2D eigenvalue weighted by molar-refractivity contribution is 5.41. The van der Waals surface area contributed by atoms with Crippen molar-refractivity contribution in [3.05, 3.63) is 95.1 Å². The Morgan fingerprint density at radius 2 is 1.50 bits per heavy atom. The number of hydrogen-bond donors (Lipinski definition) is 2. The first-order valence-corrected chi connectivity index (χ1v) is 9.73. The SMILES string of the molecule is OC(CNC(c1cccc(Oc2ccc(F)cc2)c1)c1cc(C(F)(F)F)ccc1F)C(F)(F)F. The smallest absolute Gasteiger partial charge is 0.416 e. The first-order chi connectivity index (χ1) is 15.8. The third kappa shape index (κ3) is 6.45. The lowest BCUT2D eigenvalue weighted by molar-refractivity contribution is -0.202. The second kappa shape index (κ2) is 9.98. The summed E-state index contributed by atoms with van der Waals surface area (Å²) in [4.78, 5) is 0. The van der Waals surface area contributed by atoms with E-state index in [1.165, 1.54) is 36.4 Å². The Morgan fingerprint density at radius 1 is 0.824 bits per heavy atom. The average Bonchev–Trinajstić information content (AvgIpc) is 2.75. The molecule has 0 aliphatic rings. The molecule has 3 aromatic rings. The number of halogens is 8. The molecule has 0 heterocycles. The summed E-state index contributed by atoms with van der Waals surface area (Å²) in [6.45, 7) is -1.12. The van der Waals surface area contributed by atoms with Crippen molar-refractivity contribution in [2.45, 2.75) is 24.5 Å². The highest BCUT2D eigenvalue weighted by Crippen LogP contribution is 2.35. The zero-order valence-electron chi connectivity index (χ0n) is 17.1. The highest BCUT2D eigenvalue weighted by atomic mass is 19.4. The topological polar surface area (TPSA) is 41.5 Å². The molecule has 0 spiro atoms. The van der Waals surface area contributed by atoms with Crippen molar-refractivity contribution >= 4 is 0 Å². The molecular weight excluding hydrogens is 474 g/mol. The fourth-order valence-corrected chi connectivity index (χ4v) is 3.09. The molecule has 0 radical (unpaired) electrons. The fraction of sp³-hybridized carbons (Fsp3) is 0.217. The number of benzene rings is 3. The van der Waals surface area contributed by atoms with Gasteiger partial charge in [-0.05, 0) is 60.2 Å². The second-order valence-electron chi connectivity index (χ2n) is 7.26. The van der Waals surface area contributed by atoms with Gasteiger partial charge in [0.15, 0.2) is 6.10 Å². The first-order valence-electron chi connectivity index (χ1n) is 9.73. The number of alkyl halides is 6. The van der Waals surface area contributed by atoms with E-state index in [-0.39, 0.29) is 17.1 Å². The van der Waals surface area contributed by atoms with Crippen LogP contribution >= 0.6 is 0 Å². The minimum absolute atomic E-state index is 0.0622. The van der Waals surface area contributed by atoms with Gasteiger partial charge in [0, 0.05) is 12.1 Å². The number of ether oxygens (including phenoxy) is 1. The Bertz CT molecular complexity index is 1110. The quantitative estimate of drug-likeness (QED) is 0.377. The molecule has 11 heteroatoms. The van der Waals surface area contributed by atoms with Crippen LogP contribution in [-0.4, -0.2) is 23.9 Å². The fourth-order valence-electron chi connectivity index (χ4n) is 3.09. The van der Waals surface area contributed by atoms with Crippen molar-refractivity contribution in [1.29, 1.82) is 0 Å². The lowest BCUT2D eigenvalue weighted by atomic mass is 9.95. The van der Waals surface area contributed by atoms with E-state index in [2.05, 4.69) is 5.32 Å². The largest absolute Gasteiger partial charge is 0.457 e. The van der Waals surface area contributed by atoms with E-state index in [4.69, 9.17) is 4.74 Å². The molecule has 3 aromatic carbocycles. The molecule has 2 N–H and O–H groups in total. The Kier molecular flexibility index (Phi) is 7.47. The number of aliphatic hydroxyl groups excluding tert-OH is 1. The molecule has 182 valence electrons. The summed E-state index contributed by atoms with van der Waals surface area (Å²) in [5.41, 5.74) is -1.72. The van der Waals surface area contributed by atoms with Crippen LogP contribution < -0.4 is 10.1 Å². The van der Waals surface area contributed by atoms with E-state index in [1.54, 1.807) is 0 Å². The molecular formula is C23H17F8NO2. The Balaban J connectivity index is 2.00. The molecule has 0 saturated carbocycles. The molecule has 0 aliphatic carbocycles. The maximum absolute atomic E-state index is 14.6. The number of rotatable bonds is 7. The van der Waals surface area contributed by atoms with Crippen molar-refractivity contribution < 1.29 is 45.0 Å². The number of aliphatic hydroxyl groups is 1. The van der Waals surface area contributed by atoms with Crippen LogP contribution in [0.2, 0.25) is 0 Å². The molecule has 0 saturated heterocycles. The van der Waals surface area contributed by atoms with Gasteiger partial charge in [0.05, 0.1) is 11.6 Å². The first kappa shape index (κ1) is 25.4. The zero-order chi connectivity index (χ0) is 25.1. The van der Waals surface area contributed by atoms with Crippen molar-refractivity contribution in [2.75, 3.05) is 6.54 Å². The normalized spacial score (nSPS) is 14.0. The van der Waals surface area contributed by atoms with Gasteiger partial charge < -0.3 is 15.2 Å². The minimum atomic E-state index is -5.00. The van der Waals surface area contributed by atoms with Crippen LogP contribution in [0.25, 0.3) is 0 Å². The van der Waals surface area contributed by atoms with Gasteiger partial charge in [-0.3, -0.25) is 0 Å². The Hall–Kier alpha value is -3.18. The molecule has 2 unspecified atom stereocenters. The summed E-state index contributed by atoms with van der Waals surface area (Å²) >= 11 is 0. The van der Waals surface area contributed by atoms with Crippen LogP contribution in [0.4, 0.5) is 35.1 Å². The third-order valence-electron chi connectivity index (χ3n) is 4.77.